The topological polar surface area (TPSA) is 44.8 Å². The molecule has 2 rings (SSSR count). The van der Waals surface area contributed by atoms with Crippen molar-refractivity contribution in [2.45, 2.75) is 13.8 Å². The van der Waals surface area contributed by atoms with Crippen LogP contribution in [0.1, 0.15) is 28.4 Å². The minimum absolute atomic E-state index is 0.111. The van der Waals surface area contributed by atoms with Crippen molar-refractivity contribution in [3.05, 3.63) is 59.2 Å². The van der Waals surface area contributed by atoms with Gasteiger partial charge in [0.1, 0.15) is 5.75 Å². The van der Waals surface area contributed by atoms with Crippen LogP contribution >= 0.6 is 0 Å². The van der Waals surface area contributed by atoms with Crippen molar-refractivity contribution in [1.82, 2.24) is 0 Å². The Kier molecular flexibility index (Phi) is 6.01. The second-order valence-electron chi connectivity index (χ2n) is 5.24. The zero-order valence-electron chi connectivity index (χ0n) is 14.5. The highest BCUT2D eigenvalue weighted by molar-refractivity contribution is 6.08. The number of hydrogen-bond donors (Lipinski definition) is 0. The Morgan fingerprint density at radius 1 is 1.00 bits per heavy atom. The molecule has 0 amide bonds. The third-order valence-electron chi connectivity index (χ3n) is 3.54. The van der Waals surface area contributed by atoms with Crippen molar-refractivity contribution in [1.29, 1.82) is 0 Å². The molecule has 0 unspecified atom stereocenters. The van der Waals surface area contributed by atoms with Gasteiger partial charge >= 0.3 is 0 Å². The first-order valence-electron chi connectivity index (χ1n) is 7.77. The fourth-order valence-electron chi connectivity index (χ4n) is 2.33. The van der Waals surface area contributed by atoms with Crippen molar-refractivity contribution >= 4 is 11.9 Å². The smallest absolute Gasteiger partial charge is 0.189 e. The SMILES string of the molecule is CCOc1cc(/C=C/C(=O)c2ccc(C)cc2OC)ccc1OC. The van der Waals surface area contributed by atoms with Gasteiger partial charge in [0.15, 0.2) is 17.3 Å². The summed E-state index contributed by atoms with van der Waals surface area (Å²) in [6, 6.07) is 11.1. The number of carbonyl (C=O) groups is 1. The molecule has 0 saturated carbocycles. The molecule has 0 saturated heterocycles. The van der Waals surface area contributed by atoms with Crippen LogP contribution in [-0.2, 0) is 0 Å². The second kappa shape index (κ2) is 8.20. The Bertz CT molecular complexity index is 747. The van der Waals surface area contributed by atoms with Gasteiger partial charge in [0, 0.05) is 0 Å². The minimum atomic E-state index is -0.111. The third-order valence-corrected chi connectivity index (χ3v) is 3.54. The van der Waals surface area contributed by atoms with E-state index in [1.807, 2.05) is 44.2 Å². The Balaban J connectivity index is 2.24. The van der Waals surface area contributed by atoms with E-state index >= 15 is 0 Å². The Morgan fingerprint density at radius 2 is 1.75 bits per heavy atom. The number of carbonyl (C=O) groups excluding carboxylic acids is 1. The molecule has 0 aliphatic rings. The molecule has 126 valence electrons. The monoisotopic (exact) mass is 326 g/mol. The highest BCUT2D eigenvalue weighted by atomic mass is 16.5. The van der Waals surface area contributed by atoms with Gasteiger partial charge in [-0.2, -0.15) is 0 Å². The molecule has 4 nitrogen and oxygen atoms in total. The maximum atomic E-state index is 12.4. The van der Waals surface area contributed by atoms with E-state index in [1.165, 1.54) is 6.08 Å². The van der Waals surface area contributed by atoms with E-state index in [0.29, 0.717) is 29.4 Å². The summed E-state index contributed by atoms with van der Waals surface area (Å²) in [5, 5.41) is 0. The summed E-state index contributed by atoms with van der Waals surface area (Å²) in [4.78, 5) is 12.4. The van der Waals surface area contributed by atoms with E-state index in [-0.39, 0.29) is 5.78 Å². The van der Waals surface area contributed by atoms with Gasteiger partial charge in [0.25, 0.3) is 0 Å². The highest BCUT2D eigenvalue weighted by Crippen LogP contribution is 2.28. The zero-order chi connectivity index (χ0) is 17.5. The number of ether oxygens (including phenoxy) is 3. The average Bonchev–Trinajstić information content (AvgIpc) is 2.60. The van der Waals surface area contributed by atoms with Crippen LogP contribution in [0.15, 0.2) is 42.5 Å². The molecule has 0 N–H and O–H groups in total. The van der Waals surface area contributed by atoms with Gasteiger partial charge in [-0.05, 0) is 55.3 Å². The van der Waals surface area contributed by atoms with Crippen LogP contribution in [0.5, 0.6) is 17.2 Å². The highest BCUT2D eigenvalue weighted by Gasteiger charge is 2.10. The summed E-state index contributed by atoms with van der Waals surface area (Å²) in [6.07, 6.45) is 3.29. The lowest BCUT2D eigenvalue weighted by molar-refractivity contribution is 0.104. The predicted octanol–water partition coefficient (Wildman–Crippen LogP) is 4.31. The Hall–Kier alpha value is -2.75. The number of rotatable bonds is 7. The lowest BCUT2D eigenvalue weighted by atomic mass is 10.1. The van der Waals surface area contributed by atoms with Crippen LogP contribution in [0, 0.1) is 6.92 Å². The van der Waals surface area contributed by atoms with Crippen molar-refractivity contribution in [2.24, 2.45) is 0 Å². The van der Waals surface area contributed by atoms with Crippen LogP contribution < -0.4 is 14.2 Å². The fourth-order valence-corrected chi connectivity index (χ4v) is 2.33. The van der Waals surface area contributed by atoms with E-state index in [1.54, 1.807) is 26.4 Å². The normalized spacial score (nSPS) is 10.7. The first-order valence-corrected chi connectivity index (χ1v) is 7.77. The number of methoxy groups -OCH3 is 2. The van der Waals surface area contributed by atoms with E-state index < -0.39 is 0 Å². The molecule has 24 heavy (non-hydrogen) atoms. The molecule has 0 atom stereocenters. The van der Waals surface area contributed by atoms with Crippen LogP contribution in [0.2, 0.25) is 0 Å². The number of ketones is 1. The fraction of sp³-hybridized carbons (Fsp3) is 0.250. The quantitative estimate of drug-likeness (QED) is 0.562. The first kappa shape index (κ1) is 17.6. The Morgan fingerprint density at radius 3 is 2.42 bits per heavy atom. The molecule has 0 aliphatic heterocycles. The maximum Gasteiger partial charge on any atom is 0.189 e. The average molecular weight is 326 g/mol. The van der Waals surface area contributed by atoms with E-state index in [9.17, 15) is 4.79 Å². The van der Waals surface area contributed by atoms with Crippen molar-refractivity contribution in [3.63, 3.8) is 0 Å². The number of hydrogen-bond acceptors (Lipinski definition) is 4. The summed E-state index contributed by atoms with van der Waals surface area (Å²) in [5.41, 5.74) is 2.44. The molecule has 0 aromatic heterocycles. The molecule has 0 spiro atoms. The lowest BCUT2D eigenvalue weighted by Crippen LogP contribution is -1.99. The first-order chi connectivity index (χ1) is 11.6. The van der Waals surface area contributed by atoms with E-state index in [4.69, 9.17) is 14.2 Å². The molecule has 4 heteroatoms. The summed E-state index contributed by atoms with van der Waals surface area (Å²) in [6.45, 7) is 4.41. The number of benzene rings is 2. The van der Waals surface area contributed by atoms with Crippen LogP contribution in [-0.4, -0.2) is 26.6 Å². The van der Waals surface area contributed by atoms with E-state index in [0.717, 1.165) is 11.1 Å². The van der Waals surface area contributed by atoms with Crippen LogP contribution in [0.4, 0.5) is 0 Å². The summed E-state index contributed by atoms with van der Waals surface area (Å²) >= 11 is 0. The Labute approximate surface area is 142 Å². The largest absolute Gasteiger partial charge is 0.496 e. The van der Waals surface area contributed by atoms with Gasteiger partial charge in [0.2, 0.25) is 0 Å². The molecular formula is C20H22O4. The minimum Gasteiger partial charge on any atom is -0.496 e. The molecule has 0 bridgehead atoms. The molecule has 0 radical (unpaired) electrons. The van der Waals surface area contributed by atoms with Gasteiger partial charge in [-0.3, -0.25) is 4.79 Å². The van der Waals surface area contributed by atoms with Crippen molar-refractivity contribution < 1.29 is 19.0 Å². The van der Waals surface area contributed by atoms with Gasteiger partial charge < -0.3 is 14.2 Å². The second-order valence-corrected chi connectivity index (χ2v) is 5.24. The molecule has 2 aromatic carbocycles. The van der Waals surface area contributed by atoms with Gasteiger partial charge in [-0.25, -0.2) is 0 Å². The van der Waals surface area contributed by atoms with E-state index in [2.05, 4.69) is 0 Å². The van der Waals surface area contributed by atoms with Crippen LogP contribution in [0.25, 0.3) is 6.08 Å². The van der Waals surface area contributed by atoms with Gasteiger partial charge in [-0.1, -0.05) is 18.2 Å². The van der Waals surface area contributed by atoms with Crippen molar-refractivity contribution in [3.8, 4) is 17.2 Å². The summed E-state index contributed by atoms with van der Waals surface area (Å²) in [7, 11) is 3.16. The number of aryl methyl sites for hydroxylation is 1. The standard InChI is InChI=1S/C20H22O4/c1-5-24-20-13-15(8-11-18(20)22-3)7-10-17(21)16-9-6-14(2)12-19(16)23-4/h6-13H,5H2,1-4H3/b10-7+. The summed E-state index contributed by atoms with van der Waals surface area (Å²) in [5.74, 6) is 1.79. The zero-order valence-corrected chi connectivity index (χ0v) is 14.5. The molecule has 0 aliphatic carbocycles. The van der Waals surface area contributed by atoms with Gasteiger partial charge in [-0.15, -0.1) is 0 Å². The molecule has 2 aromatic rings. The van der Waals surface area contributed by atoms with Gasteiger partial charge in [0.05, 0.1) is 26.4 Å². The molecule has 0 heterocycles. The molecular weight excluding hydrogens is 304 g/mol. The maximum absolute atomic E-state index is 12.4. The molecule has 0 fully saturated rings. The van der Waals surface area contributed by atoms with Crippen LogP contribution in [0.3, 0.4) is 0 Å². The summed E-state index contributed by atoms with van der Waals surface area (Å²) < 4.78 is 16.1. The lowest BCUT2D eigenvalue weighted by Gasteiger charge is -2.09. The predicted molar refractivity (Wildman–Crippen MR) is 95.3 cm³/mol. The third kappa shape index (κ3) is 4.16. The number of allylic oxidation sites excluding steroid dienone is 1. The van der Waals surface area contributed by atoms with Crippen molar-refractivity contribution in [2.75, 3.05) is 20.8 Å².